The first-order valence-electron chi connectivity index (χ1n) is 3.21. The summed E-state index contributed by atoms with van der Waals surface area (Å²) < 4.78 is 0. The first-order chi connectivity index (χ1) is 3.84. The molecule has 0 aromatic rings. The number of hydrogen-bond donors (Lipinski definition) is 0. The molecule has 0 unspecified atom stereocenters. The van der Waals surface area contributed by atoms with Crippen molar-refractivity contribution >= 4 is 0 Å². The molecule has 46 valence electrons. The molecule has 0 amide bonds. The van der Waals surface area contributed by atoms with Crippen molar-refractivity contribution in [3.63, 3.8) is 0 Å². The third-order valence-electron chi connectivity index (χ3n) is 1.23. The minimum absolute atomic E-state index is 0.394. The summed E-state index contributed by atoms with van der Waals surface area (Å²) in [5, 5.41) is 0. The van der Waals surface area contributed by atoms with Crippen LogP contribution in [0.5, 0.6) is 0 Å². The van der Waals surface area contributed by atoms with Gasteiger partial charge in [0, 0.05) is 12.3 Å². The fourth-order valence-electron chi connectivity index (χ4n) is 0.482. The van der Waals surface area contributed by atoms with Crippen molar-refractivity contribution in [2.45, 2.75) is 33.2 Å². The summed E-state index contributed by atoms with van der Waals surface area (Å²) in [5.41, 5.74) is 0. The van der Waals surface area contributed by atoms with E-state index >= 15 is 0 Å². The summed E-state index contributed by atoms with van der Waals surface area (Å²) >= 11 is 0. The smallest absolute Gasteiger partial charge is 0.227 e. The van der Waals surface area contributed by atoms with Gasteiger partial charge in [-0.05, 0) is 0 Å². The van der Waals surface area contributed by atoms with Gasteiger partial charge in [0.15, 0.2) is 0 Å². The first kappa shape index (κ1) is 7.49. The summed E-state index contributed by atoms with van der Waals surface area (Å²) in [6, 6.07) is 0.394. The van der Waals surface area contributed by atoms with E-state index in [9.17, 15) is 0 Å². The van der Waals surface area contributed by atoms with Gasteiger partial charge >= 0.3 is 0 Å². The van der Waals surface area contributed by atoms with Gasteiger partial charge in [-0.1, -0.05) is 20.8 Å². The van der Waals surface area contributed by atoms with Gasteiger partial charge in [0.05, 0.1) is 0 Å². The molecule has 1 rings (SSSR count). The molecule has 2 atom stereocenters. The van der Waals surface area contributed by atoms with Crippen LogP contribution in [0.3, 0.4) is 0 Å². The highest BCUT2D eigenvalue weighted by molar-refractivity contribution is 4.98. The van der Waals surface area contributed by atoms with Gasteiger partial charge in [0.1, 0.15) is 0 Å². The topological polar surface area (TPSA) is 4.36 Å². The molecule has 1 nitrogen and oxygen atoms in total. The fraction of sp³-hybridized carbons (Fsp3) is 0.857. The van der Waals surface area contributed by atoms with Crippen molar-refractivity contribution in [1.29, 1.82) is 0 Å². The average molecular weight is 111 g/mol. The molecule has 0 aliphatic heterocycles. The second kappa shape index (κ2) is 3.49. The van der Waals surface area contributed by atoms with Crippen molar-refractivity contribution in [3.05, 3.63) is 11.4 Å². The zero-order valence-corrected chi connectivity index (χ0v) is 5.81. The van der Waals surface area contributed by atoms with Crippen LogP contribution in [0.2, 0.25) is 0 Å². The van der Waals surface area contributed by atoms with Crippen LogP contribution in [0.15, 0.2) is 0 Å². The molecule has 0 spiro atoms. The lowest BCUT2D eigenvalue weighted by molar-refractivity contribution is 0.958. The van der Waals surface area contributed by atoms with Crippen molar-refractivity contribution in [3.8, 4) is 0 Å². The monoisotopic (exact) mass is 111 g/mol. The van der Waals surface area contributed by atoms with Gasteiger partial charge in [0.25, 0.3) is 0 Å². The largest absolute Gasteiger partial charge is 0.313 e. The fourth-order valence-corrected chi connectivity index (χ4v) is 0.482. The minimum Gasteiger partial charge on any atom is -0.313 e. The summed E-state index contributed by atoms with van der Waals surface area (Å²) in [4.78, 5) is 3.33. The zero-order valence-electron chi connectivity index (χ0n) is 5.81. The normalized spacial score (nSPS) is 31.8. The standard InChI is InChI=1S/C5H7N.C2H6/c1-4-3-5(4)6-2;1-2/h4-5H,3H2,1H3;1-2H3/t4-,5+;/m1./s1. The van der Waals surface area contributed by atoms with Crippen molar-refractivity contribution in [2.75, 3.05) is 0 Å². The molecule has 0 aromatic carbocycles. The van der Waals surface area contributed by atoms with E-state index in [-0.39, 0.29) is 0 Å². The van der Waals surface area contributed by atoms with E-state index in [4.69, 9.17) is 6.57 Å². The van der Waals surface area contributed by atoms with Crippen LogP contribution in [-0.4, -0.2) is 6.04 Å². The lowest BCUT2D eigenvalue weighted by Gasteiger charge is -1.64. The minimum atomic E-state index is 0.394. The molecule has 0 N–H and O–H groups in total. The Morgan fingerprint density at radius 2 is 1.88 bits per heavy atom. The quantitative estimate of drug-likeness (QED) is 0.422. The molecule has 1 saturated carbocycles. The zero-order chi connectivity index (χ0) is 6.57. The first-order valence-corrected chi connectivity index (χ1v) is 3.21. The predicted molar refractivity (Wildman–Crippen MR) is 35.5 cm³/mol. The maximum absolute atomic E-state index is 6.48. The second-order valence-electron chi connectivity index (χ2n) is 1.91. The van der Waals surface area contributed by atoms with Crippen molar-refractivity contribution < 1.29 is 0 Å². The number of nitrogens with zero attached hydrogens (tertiary/aromatic N) is 1. The van der Waals surface area contributed by atoms with E-state index in [1.165, 1.54) is 0 Å². The van der Waals surface area contributed by atoms with Crippen LogP contribution in [0.1, 0.15) is 27.2 Å². The lowest BCUT2D eigenvalue weighted by atomic mass is 10.5. The Balaban J connectivity index is 0.000000222. The van der Waals surface area contributed by atoms with E-state index in [2.05, 4.69) is 11.8 Å². The van der Waals surface area contributed by atoms with Gasteiger partial charge < -0.3 is 4.85 Å². The Hall–Kier alpha value is -0.510. The summed E-state index contributed by atoms with van der Waals surface area (Å²) in [7, 11) is 0. The van der Waals surface area contributed by atoms with Crippen LogP contribution in [0.4, 0.5) is 0 Å². The third kappa shape index (κ3) is 1.97. The SMILES string of the molecule is CC.[C-]#[N+][C@H]1C[C@H]1C. The predicted octanol–water partition coefficient (Wildman–Crippen LogP) is 2.34. The van der Waals surface area contributed by atoms with E-state index < -0.39 is 0 Å². The van der Waals surface area contributed by atoms with Gasteiger partial charge in [-0.3, -0.25) is 0 Å². The Bertz CT molecular complexity index is 91.1. The molecule has 0 aromatic heterocycles. The second-order valence-corrected chi connectivity index (χ2v) is 1.91. The van der Waals surface area contributed by atoms with Crippen LogP contribution in [-0.2, 0) is 0 Å². The number of rotatable bonds is 0. The van der Waals surface area contributed by atoms with Gasteiger partial charge in [-0.15, -0.1) is 0 Å². The van der Waals surface area contributed by atoms with Crippen molar-refractivity contribution in [1.82, 2.24) is 0 Å². The molecular weight excluding hydrogens is 98.1 g/mol. The van der Waals surface area contributed by atoms with Crippen LogP contribution in [0, 0.1) is 12.5 Å². The van der Waals surface area contributed by atoms with Crippen LogP contribution < -0.4 is 0 Å². The van der Waals surface area contributed by atoms with E-state index in [0.717, 1.165) is 6.42 Å². The van der Waals surface area contributed by atoms with Gasteiger partial charge in [0.2, 0.25) is 6.04 Å². The van der Waals surface area contributed by atoms with E-state index in [0.29, 0.717) is 12.0 Å². The van der Waals surface area contributed by atoms with E-state index in [1.54, 1.807) is 0 Å². The molecule has 1 fully saturated rings. The number of hydrogen-bond acceptors (Lipinski definition) is 0. The maximum atomic E-state index is 6.48. The van der Waals surface area contributed by atoms with E-state index in [1.807, 2.05) is 13.8 Å². The molecule has 0 radical (unpaired) electrons. The lowest BCUT2D eigenvalue weighted by Crippen LogP contribution is -1.67. The van der Waals surface area contributed by atoms with Crippen molar-refractivity contribution in [2.24, 2.45) is 5.92 Å². The molecular formula is C7H13N. The molecule has 1 aliphatic carbocycles. The maximum Gasteiger partial charge on any atom is 0.227 e. The molecule has 8 heavy (non-hydrogen) atoms. The molecule has 0 heterocycles. The average Bonchev–Trinajstić information content (AvgIpc) is 2.52. The van der Waals surface area contributed by atoms with Crippen LogP contribution in [0.25, 0.3) is 4.85 Å². The molecule has 0 saturated heterocycles. The molecule has 1 heteroatoms. The Morgan fingerprint density at radius 3 is 1.88 bits per heavy atom. The summed E-state index contributed by atoms with van der Waals surface area (Å²) in [6.07, 6.45) is 1.14. The van der Waals surface area contributed by atoms with Gasteiger partial charge in [-0.2, -0.15) is 0 Å². The highest BCUT2D eigenvalue weighted by atomic mass is 14.8. The summed E-state index contributed by atoms with van der Waals surface area (Å²) in [5.74, 6) is 0.711. The van der Waals surface area contributed by atoms with Gasteiger partial charge in [-0.25, -0.2) is 6.57 Å². The molecule has 0 bridgehead atoms. The Kier molecular flexibility index (Phi) is 3.26. The van der Waals surface area contributed by atoms with Crippen LogP contribution >= 0.6 is 0 Å². The summed E-state index contributed by atoms with van der Waals surface area (Å²) in [6.45, 7) is 12.6. The Morgan fingerprint density at radius 1 is 1.50 bits per heavy atom. The highest BCUT2D eigenvalue weighted by Gasteiger charge is 2.39. The third-order valence-corrected chi connectivity index (χ3v) is 1.23. The molecule has 1 aliphatic rings. The highest BCUT2D eigenvalue weighted by Crippen LogP contribution is 2.32. The Labute approximate surface area is 51.5 Å².